The van der Waals surface area contributed by atoms with Crippen molar-refractivity contribution in [3.05, 3.63) is 0 Å². The van der Waals surface area contributed by atoms with Gasteiger partial charge in [-0.15, -0.1) is 11.6 Å². The molecule has 1 saturated heterocycles. The van der Waals surface area contributed by atoms with Crippen LogP contribution < -0.4 is 0 Å². The Bertz CT molecular complexity index is 255. The molecule has 1 unspecified atom stereocenters. The molecule has 0 aromatic rings. The first-order valence-corrected chi connectivity index (χ1v) is 6.78. The van der Waals surface area contributed by atoms with E-state index in [0.29, 0.717) is 5.92 Å². The molecular weight excluding hydrogens is 224 g/mol. The first-order chi connectivity index (χ1) is 7.70. The maximum atomic E-state index is 11.5. The molecule has 16 heavy (non-hydrogen) atoms. The quantitative estimate of drug-likeness (QED) is 0.701. The van der Waals surface area contributed by atoms with Crippen LogP contribution >= 0.6 is 11.6 Å². The zero-order valence-corrected chi connectivity index (χ0v) is 10.7. The van der Waals surface area contributed by atoms with Crippen LogP contribution in [0.2, 0.25) is 0 Å². The van der Waals surface area contributed by atoms with Crippen molar-refractivity contribution in [1.29, 1.82) is 0 Å². The highest BCUT2D eigenvalue weighted by atomic mass is 35.5. The zero-order chi connectivity index (χ0) is 11.5. The van der Waals surface area contributed by atoms with Gasteiger partial charge in [0.15, 0.2) is 0 Å². The van der Waals surface area contributed by atoms with Crippen LogP contribution in [0.1, 0.15) is 25.7 Å². The SMILES string of the molecule is CN(CC1CCCN(C(=O)CCl)C1)C1CC1. The molecule has 1 atom stereocenters. The zero-order valence-electron chi connectivity index (χ0n) is 9.99. The number of amides is 1. The van der Waals surface area contributed by atoms with E-state index in [1.165, 1.54) is 19.3 Å². The summed E-state index contributed by atoms with van der Waals surface area (Å²) in [6, 6.07) is 0.819. The molecule has 4 heteroatoms. The Morgan fingerprint density at radius 1 is 1.44 bits per heavy atom. The molecule has 0 bridgehead atoms. The predicted octanol–water partition coefficient (Wildman–Crippen LogP) is 1.56. The Balaban J connectivity index is 1.79. The molecule has 1 heterocycles. The number of hydrogen-bond acceptors (Lipinski definition) is 2. The van der Waals surface area contributed by atoms with Gasteiger partial charge in [0.05, 0.1) is 0 Å². The van der Waals surface area contributed by atoms with Crippen molar-refractivity contribution in [3.8, 4) is 0 Å². The lowest BCUT2D eigenvalue weighted by molar-refractivity contribution is -0.130. The van der Waals surface area contributed by atoms with Crippen LogP contribution in [0.25, 0.3) is 0 Å². The van der Waals surface area contributed by atoms with Gasteiger partial charge in [-0.05, 0) is 38.6 Å². The van der Waals surface area contributed by atoms with Gasteiger partial charge in [-0.2, -0.15) is 0 Å². The molecule has 2 rings (SSSR count). The van der Waals surface area contributed by atoms with E-state index < -0.39 is 0 Å². The molecule has 92 valence electrons. The minimum absolute atomic E-state index is 0.0976. The third-order valence-electron chi connectivity index (χ3n) is 3.70. The van der Waals surface area contributed by atoms with Crippen LogP contribution in [-0.4, -0.2) is 54.3 Å². The number of likely N-dealkylation sites (tertiary alicyclic amines) is 1. The van der Waals surface area contributed by atoms with Crippen molar-refractivity contribution in [2.75, 3.05) is 32.6 Å². The molecular formula is C12H21ClN2O. The molecule has 1 aliphatic carbocycles. The van der Waals surface area contributed by atoms with Crippen LogP contribution in [0.5, 0.6) is 0 Å². The highest BCUT2D eigenvalue weighted by Crippen LogP contribution is 2.27. The second-order valence-electron chi connectivity index (χ2n) is 5.15. The number of halogens is 1. The number of alkyl halides is 1. The van der Waals surface area contributed by atoms with Gasteiger partial charge in [0.25, 0.3) is 0 Å². The highest BCUT2D eigenvalue weighted by molar-refractivity contribution is 6.27. The minimum atomic E-state index is 0.0976. The van der Waals surface area contributed by atoms with Crippen LogP contribution in [0.15, 0.2) is 0 Å². The standard InChI is InChI=1S/C12H21ClN2O/c1-14(11-4-5-11)8-10-3-2-6-15(9-10)12(16)7-13/h10-11H,2-9H2,1H3. The number of carbonyl (C=O) groups is 1. The summed E-state index contributed by atoms with van der Waals surface area (Å²) >= 11 is 5.60. The van der Waals surface area contributed by atoms with E-state index in [1.807, 2.05) is 4.90 Å². The van der Waals surface area contributed by atoms with Crippen molar-refractivity contribution in [1.82, 2.24) is 9.80 Å². The lowest BCUT2D eigenvalue weighted by atomic mass is 9.97. The van der Waals surface area contributed by atoms with E-state index in [0.717, 1.165) is 32.1 Å². The van der Waals surface area contributed by atoms with Gasteiger partial charge in [-0.25, -0.2) is 0 Å². The topological polar surface area (TPSA) is 23.6 Å². The van der Waals surface area contributed by atoms with Gasteiger partial charge < -0.3 is 9.80 Å². The van der Waals surface area contributed by atoms with Crippen LogP contribution in [0.3, 0.4) is 0 Å². The Morgan fingerprint density at radius 3 is 2.81 bits per heavy atom. The van der Waals surface area contributed by atoms with Crippen LogP contribution in [0, 0.1) is 5.92 Å². The van der Waals surface area contributed by atoms with E-state index >= 15 is 0 Å². The molecule has 2 fully saturated rings. The third kappa shape index (κ3) is 3.11. The van der Waals surface area contributed by atoms with Gasteiger partial charge in [0.2, 0.25) is 5.91 Å². The number of piperidine rings is 1. The van der Waals surface area contributed by atoms with E-state index in [1.54, 1.807) is 0 Å². The predicted molar refractivity (Wildman–Crippen MR) is 65.7 cm³/mol. The molecule has 1 amide bonds. The highest BCUT2D eigenvalue weighted by Gasteiger charge is 2.30. The smallest absolute Gasteiger partial charge is 0.237 e. The molecule has 1 aliphatic heterocycles. The lowest BCUT2D eigenvalue weighted by Gasteiger charge is -2.34. The summed E-state index contributed by atoms with van der Waals surface area (Å²) < 4.78 is 0. The minimum Gasteiger partial charge on any atom is -0.341 e. The molecule has 0 N–H and O–H groups in total. The number of rotatable bonds is 4. The van der Waals surface area contributed by atoms with Gasteiger partial charge in [0, 0.05) is 25.7 Å². The summed E-state index contributed by atoms with van der Waals surface area (Å²) in [6.07, 6.45) is 5.09. The van der Waals surface area contributed by atoms with Crippen molar-refractivity contribution in [2.24, 2.45) is 5.92 Å². The fraction of sp³-hybridized carbons (Fsp3) is 0.917. The van der Waals surface area contributed by atoms with Crippen molar-refractivity contribution in [2.45, 2.75) is 31.7 Å². The van der Waals surface area contributed by atoms with Gasteiger partial charge >= 0.3 is 0 Å². The fourth-order valence-corrected chi connectivity index (χ4v) is 2.77. The molecule has 0 aromatic heterocycles. The number of nitrogens with zero attached hydrogens (tertiary/aromatic N) is 2. The average molecular weight is 245 g/mol. The molecule has 2 aliphatic rings. The Kier molecular flexibility index (Phi) is 4.09. The number of carbonyl (C=O) groups excluding carboxylic acids is 1. The van der Waals surface area contributed by atoms with Crippen molar-refractivity contribution >= 4 is 17.5 Å². The van der Waals surface area contributed by atoms with Crippen LogP contribution in [-0.2, 0) is 4.79 Å². The monoisotopic (exact) mass is 244 g/mol. The Hall–Kier alpha value is -0.280. The largest absolute Gasteiger partial charge is 0.341 e. The van der Waals surface area contributed by atoms with Crippen molar-refractivity contribution in [3.63, 3.8) is 0 Å². The number of hydrogen-bond donors (Lipinski definition) is 0. The van der Waals surface area contributed by atoms with E-state index in [-0.39, 0.29) is 11.8 Å². The average Bonchev–Trinajstić information content (AvgIpc) is 3.12. The fourth-order valence-electron chi connectivity index (χ4n) is 2.60. The summed E-state index contributed by atoms with van der Waals surface area (Å²) in [5, 5.41) is 0. The molecule has 0 spiro atoms. The van der Waals surface area contributed by atoms with E-state index in [4.69, 9.17) is 11.6 Å². The van der Waals surface area contributed by atoms with Gasteiger partial charge in [0.1, 0.15) is 5.88 Å². The second-order valence-corrected chi connectivity index (χ2v) is 5.42. The summed E-state index contributed by atoms with van der Waals surface area (Å²) in [5.74, 6) is 0.873. The molecule has 3 nitrogen and oxygen atoms in total. The summed E-state index contributed by atoms with van der Waals surface area (Å²) in [5.41, 5.74) is 0. The van der Waals surface area contributed by atoms with Gasteiger partial charge in [-0.3, -0.25) is 4.79 Å². The molecule has 1 saturated carbocycles. The van der Waals surface area contributed by atoms with Crippen LogP contribution in [0.4, 0.5) is 0 Å². The maximum Gasteiger partial charge on any atom is 0.237 e. The first kappa shape index (κ1) is 12.2. The second kappa shape index (κ2) is 5.37. The maximum absolute atomic E-state index is 11.5. The lowest BCUT2D eigenvalue weighted by Crippen LogP contribution is -2.44. The first-order valence-electron chi connectivity index (χ1n) is 6.24. The Morgan fingerprint density at radius 2 is 2.19 bits per heavy atom. The summed E-state index contributed by atoms with van der Waals surface area (Å²) in [4.78, 5) is 15.9. The van der Waals surface area contributed by atoms with Gasteiger partial charge in [-0.1, -0.05) is 0 Å². The Labute approximate surface area is 103 Å². The molecule has 0 radical (unpaired) electrons. The molecule has 0 aromatic carbocycles. The summed E-state index contributed by atoms with van der Waals surface area (Å²) in [6.45, 7) is 2.94. The van der Waals surface area contributed by atoms with E-state index in [9.17, 15) is 4.79 Å². The normalized spacial score (nSPS) is 26.2. The van der Waals surface area contributed by atoms with Crippen molar-refractivity contribution < 1.29 is 4.79 Å². The summed E-state index contributed by atoms with van der Waals surface area (Å²) in [7, 11) is 2.21. The van der Waals surface area contributed by atoms with E-state index in [2.05, 4.69) is 11.9 Å². The third-order valence-corrected chi connectivity index (χ3v) is 3.93.